The standard InChI is InChI=1S/C17H20N4O2S/c1-17(2,3)16-19-15(20-23-16)12-24(22)11-13-9-18-21(10-13)14-7-5-4-6-8-14/h4-10H,11-12H2,1-3H3. The molecule has 3 aromatic rings. The highest BCUT2D eigenvalue weighted by molar-refractivity contribution is 7.83. The summed E-state index contributed by atoms with van der Waals surface area (Å²) in [7, 11) is -1.12. The van der Waals surface area contributed by atoms with Gasteiger partial charge in [-0.3, -0.25) is 4.21 Å². The Bertz CT molecular complexity index is 834. The lowest BCUT2D eigenvalue weighted by atomic mass is 9.97. The molecule has 0 bridgehead atoms. The van der Waals surface area contributed by atoms with E-state index in [0.717, 1.165) is 11.3 Å². The van der Waals surface area contributed by atoms with Crippen LogP contribution in [-0.2, 0) is 27.7 Å². The molecule has 3 rings (SSSR count). The van der Waals surface area contributed by atoms with Crippen molar-refractivity contribution in [2.24, 2.45) is 0 Å². The van der Waals surface area contributed by atoms with Crippen LogP contribution >= 0.6 is 0 Å². The van der Waals surface area contributed by atoms with Gasteiger partial charge in [-0.25, -0.2) is 4.68 Å². The second kappa shape index (κ2) is 6.68. The fourth-order valence-corrected chi connectivity index (χ4v) is 3.18. The van der Waals surface area contributed by atoms with Crippen LogP contribution in [0.5, 0.6) is 0 Å². The zero-order valence-corrected chi connectivity index (χ0v) is 14.8. The van der Waals surface area contributed by atoms with Gasteiger partial charge in [0.2, 0.25) is 5.89 Å². The molecular formula is C17H20N4O2S. The Labute approximate surface area is 143 Å². The number of benzene rings is 1. The smallest absolute Gasteiger partial charge is 0.232 e. The van der Waals surface area contributed by atoms with E-state index in [1.54, 1.807) is 10.9 Å². The molecule has 1 unspecified atom stereocenters. The van der Waals surface area contributed by atoms with Gasteiger partial charge in [0, 0.05) is 28.0 Å². The summed E-state index contributed by atoms with van der Waals surface area (Å²) in [5.41, 5.74) is 1.68. The second-order valence-corrected chi connectivity index (χ2v) is 8.08. The van der Waals surface area contributed by atoms with E-state index in [-0.39, 0.29) is 11.2 Å². The average molecular weight is 344 g/mol. The molecule has 0 spiro atoms. The third kappa shape index (κ3) is 3.97. The molecule has 126 valence electrons. The number of nitrogens with zero attached hydrogens (tertiary/aromatic N) is 4. The predicted molar refractivity (Wildman–Crippen MR) is 92.1 cm³/mol. The Morgan fingerprint density at radius 2 is 1.92 bits per heavy atom. The van der Waals surface area contributed by atoms with Gasteiger partial charge < -0.3 is 4.52 Å². The third-order valence-electron chi connectivity index (χ3n) is 3.38. The maximum absolute atomic E-state index is 12.3. The van der Waals surface area contributed by atoms with Gasteiger partial charge in [0.05, 0.1) is 23.4 Å². The summed E-state index contributed by atoms with van der Waals surface area (Å²) < 4.78 is 19.3. The Morgan fingerprint density at radius 3 is 2.58 bits per heavy atom. The fourth-order valence-electron chi connectivity index (χ4n) is 2.15. The van der Waals surface area contributed by atoms with Crippen molar-refractivity contribution in [1.29, 1.82) is 0 Å². The SMILES string of the molecule is CC(C)(C)c1nc(CS(=O)Cc2cnn(-c3ccccc3)c2)no1. The van der Waals surface area contributed by atoms with Crippen molar-refractivity contribution < 1.29 is 8.73 Å². The second-order valence-electron chi connectivity index (χ2n) is 6.62. The Balaban J connectivity index is 1.63. The summed E-state index contributed by atoms with van der Waals surface area (Å²) >= 11 is 0. The molecule has 0 radical (unpaired) electrons. The van der Waals surface area contributed by atoms with E-state index in [9.17, 15) is 4.21 Å². The molecule has 2 aromatic heterocycles. The highest BCUT2D eigenvalue weighted by Gasteiger charge is 2.22. The molecule has 24 heavy (non-hydrogen) atoms. The van der Waals surface area contributed by atoms with Crippen LogP contribution in [0.25, 0.3) is 5.69 Å². The number of para-hydroxylation sites is 1. The largest absolute Gasteiger partial charge is 0.339 e. The molecule has 0 saturated heterocycles. The minimum atomic E-state index is -1.12. The molecule has 1 aromatic carbocycles. The van der Waals surface area contributed by atoms with Crippen molar-refractivity contribution in [3.8, 4) is 5.69 Å². The number of hydrogen-bond acceptors (Lipinski definition) is 5. The molecular weight excluding hydrogens is 324 g/mol. The van der Waals surface area contributed by atoms with Crippen LogP contribution in [0.3, 0.4) is 0 Å². The minimum absolute atomic E-state index is 0.205. The first-order valence-electron chi connectivity index (χ1n) is 7.69. The summed E-state index contributed by atoms with van der Waals surface area (Å²) in [5.74, 6) is 1.72. The van der Waals surface area contributed by atoms with Crippen molar-refractivity contribution in [3.05, 3.63) is 60.0 Å². The van der Waals surface area contributed by atoms with Gasteiger partial charge in [0.15, 0.2) is 5.82 Å². The van der Waals surface area contributed by atoms with Gasteiger partial charge in [-0.1, -0.05) is 44.1 Å². The molecule has 0 N–H and O–H groups in total. The fraction of sp³-hybridized carbons (Fsp3) is 0.353. The molecule has 1 atom stereocenters. The van der Waals surface area contributed by atoms with Crippen LogP contribution in [0.4, 0.5) is 0 Å². The summed E-state index contributed by atoms with van der Waals surface area (Å²) in [6.45, 7) is 6.00. The Morgan fingerprint density at radius 1 is 1.17 bits per heavy atom. The quantitative estimate of drug-likeness (QED) is 0.711. The van der Waals surface area contributed by atoms with E-state index in [0.29, 0.717) is 17.5 Å². The summed E-state index contributed by atoms with van der Waals surface area (Å²) in [6, 6.07) is 9.82. The summed E-state index contributed by atoms with van der Waals surface area (Å²) in [6.07, 6.45) is 3.63. The van der Waals surface area contributed by atoms with E-state index in [2.05, 4.69) is 15.2 Å². The molecule has 0 aliphatic heterocycles. The molecule has 0 aliphatic carbocycles. The molecule has 6 nitrogen and oxygen atoms in total. The normalized spacial score (nSPS) is 13.1. The zero-order valence-electron chi connectivity index (χ0n) is 14.0. The van der Waals surface area contributed by atoms with Gasteiger partial charge in [-0.2, -0.15) is 10.1 Å². The molecule has 0 fully saturated rings. The lowest BCUT2D eigenvalue weighted by Crippen LogP contribution is -2.11. The Kier molecular flexibility index (Phi) is 4.62. The van der Waals surface area contributed by atoms with Crippen LogP contribution < -0.4 is 0 Å². The monoisotopic (exact) mass is 344 g/mol. The molecule has 7 heteroatoms. The molecule has 0 amide bonds. The van der Waals surface area contributed by atoms with Crippen LogP contribution in [-0.4, -0.2) is 24.1 Å². The van der Waals surface area contributed by atoms with Gasteiger partial charge in [0.25, 0.3) is 0 Å². The van der Waals surface area contributed by atoms with Gasteiger partial charge in [-0.15, -0.1) is 0 Å². The Hall–Kier alpha value is -2.28. The highest BCUT2D eigenvalue weighted by Crippen LogP contribution is 2.20. The van der Waals surface area contributed by atoms with Crippen molar-refractivity contribution in [2.45, 2.75) is 37.7 Å². The van der Waals surface area contributed by atoms with Crippen LogP contribution in [0.2, 0.25) is 0 Å². The van der Waals surface area contributed by atoms with Crippen molar-refractivity contribution in [3.63, 3.8) is 0 Å². The van der Waals surface area contributed by atoms with Gasteiger partial charge >= 0.3 is 0 Å². The zero-order chi connectivity index (χ0) is 17.2. The van der Waals surface area contributed by atoms with E-state index >= 15 is 0 Å². The lowest BCUT2D eigenvalue weighted by molar-refractivity contribution is 0.319. The van der Waals surface area contributed by atoms with E-state index in [1.165, 1.54) is 0 Å². The van der Waals surface area contributed by atoms with Crippen LogP contribution in [0, 0.1) is 0 Å². The van der Waals surface area contributed by atoms with Crippen LogP contribution in [0.15, 0.2) is 47.2 Å². The van der Waals surface area contributed by atoms with Crippen molar-refractivity contribution in [2.75, 3.05) is 0 Å². The number of aromatic nitrogens is 4. The summed E-state index contributed by atoms with van der Waals surface area (Å²) in [4.78, 5) is 4.32. The topological polar surface area (TPSA) is 73.8 Å². The van der Waals surface area contributed by atoms with E-state index < -0.39 is 10.8 Å². The number of rotatable bonds is 5. The molecule has 0 saturated carbocycles. The predicted octanol–water partition coefficient (Wildman–Crippen LogP) is 3.00. The first kappa shape index (κ1) is 16.6. The third-order valence-corrected chi connectivity index (χ3v) is 4.62. The maximum atomic E-state index is 12.3. The number of hydrogen-bond donors (Lipinski definition) is 0. The van der Waals surface area contributed by atoms with Crippen molar-refractivity contribution >= 4 is 10.8 Å². The first-order chi connectivity index (χ1) is 11.4. The minimum Gasteiger partial charge on any atom is -0.339 e. The summed E-state index contributed by atoms with van der Waals surface area (Å²) in [5, 5.41) is 8.23. The van der Waals surface area contributed by atoms with Gasteiger partial charge in [0.1, 0.15) is 0 Å². The lowest BCUT2D eigenvalue weighted by Gasteiger charge is -2.10. The van der Waals surface area contributed by atoms with E-state index in [4.69, 9.17) is 4.52 Å². The van der Waals surface area contributed by atoms with Crippen LogP contribution in [0.1, 0.15) is 38.0 Å². The highest BCUT2D eigenvalue weighted by atomic mass is 32.2. The van der Waals surface area contributed by atoms with E-state index in [1.807, 2.05) is 57.3 Å². The molecule has 2 heterocycles. The van der Waals surface area contributed by atoms with Crippen molar-refractivity contribution in [1.82, 2.24) is 19.9 Å². The average Bonchev–Trinajstić information content (AvgIpc) is 3.17. The first-order valence-corrected chi connectivity index (χ1v) is 9.17. The molecule has 0 aliphatic rings. The van der Waals surface area contributed by atoms with Gasteiger partial charge in [-0.05, 0) is 12.1 Å². The maximum Gasteiger partial charge on any atom is 0.232 e.